The van der Waals surface area contributed by atoms with Crippen LogP contribution in [0.3, 0.4) is 0 Å². The molecule has 8 heteroatoms. The van der Waals surface area contributed by atoms with Crippen molar-refractivity contribution in [1.29, 1.82) is 0 Å². The van der Waals surface area contributed by atoms with Crippen molar-refractivity contribution in [3.05, 3.63) is 100 Å². The molecule has 1 aromatic heterocycles. The first-order valence-corrected chi connectivity index (χ1v) is 14.0. The average Bonchev–Trinajstić information content (AvgIpc) is 3.32. The Kier molecular flexibility index (Phi) is 7.68. The fourth-order valence-corrected chi connectivity index (χ4v) is 6.19. The Bertz CT molecular complexity index is 1460. The molecule has 1 N–H and O–H groups in total. The molecule has 4 rings (SSSR count). The Morgan fingerprint density at radius 1 is 1.00 bits per heavy atom. The molecule has 0 fully saturated rings. The van der Waals surface area contributed by atoms with Gasteiger partial charge in [-0.05, 0) is 69.2 Å². The number of amides is 1. The Hall–Kier alpha value is -3.33. The Morgan fingerprint density at radius 3 is 2.36 bits per heavy atom. The fourth-order valence-electron chi connectivity index (χ4n) is 3.86. The molecule has 0 aliphatic carbocycles. The van der Waals surface area contributed by atoms with Crippen LogP contribution in [0.4, 0.5) is 5.13 Å². The van der Waals surface area contributed by atoms with E-state index in [1.807, 2.05) is 63.4 Å². The molecule has 4 aromatic rings. The first-order valence-electron chi connectivity index (χ1n) is 11.7. The van der Waals surface area contributed by atoms with E-state index in [1.165, 1.54) is 39.9 Å². The van der Waals surface area contributed by atoms with Gasteiger partial charge >= 0.3 is 0 Å². The summed E-state index contributed by atoms with van der Waals surface area (Å²) in [5.41, 5.74) is 5.37. The summed E-state index contributed by atoms with van der Waals surface area (Å²) in [6.45, 7) is 8.04. The van der Waals surface area contributed by atoms with Crippen LogP contribution in [0.2, 0.25) is 0 Å². The molecular formula is C28H29N3O3S2. The number of benzene rings is 3. The third kappa shape index (κ3) is 5.73. The monoisotopic (exact) mass is 519 g/mol. The van der Waals surface area contributed by atoms with Crippen LogP contribution in [0.1, 0.15) is 40.9 Å². The van der Waals surface area contributed by atoms with E-state index in [0.29, 0.717) is 10.7 Å². The molecule has 0 bridgehead atoms. The van der Waals surface area contributed by atoms with Crippen LogP contribution in [0.15, 0.2) is 83.1 Å². The average molecular weight is 520 g/mol. The van der Waals surface area contributed by atoms with Crippen molar-refractivity contribution in [3.8, 4) is 11.3 Å². The standard InChI is InChI=1S/C28H29N3O3S2/c1-19(2)31(17-22-8-6-5-7-9-22)36(33,34)24-14-12-23(13-15-24)27(32)30-28-29-26(18-35-28)25-16-20(3)10-11-21(25)4/h5-16,18-19H,17H2,1-4H3,(H,29,30,32). The summed E-state index contributed by atoms with van der Waals surface area (Å²) in [5, 5.41) is 5.23. The van der Waals surface area contributed by atoms with Gasteiger partial charge in [-0.15, -0.1) is 11.3 Å². The minimum atomic E-state index is -3.74. The van der Waals surface area contributed by atoms with Crippen molar-refractivity contribution in [2.24, 2.45) is 0 Å². The Labute approximate surface area is 216 Å². The molecule has 36 heavy (non-hydrogen) atoms. The van der Waals surface area contributed by atoms with Crippen molar-refractivity contribution in [2.75, 3.05) is 5.32 Å². The molecule has 0 atom stereocenters. The maximum absolute atomic E-state index is 13.4. The molecule has 186 valence electrons. The lowest BCUT2D eigenvalue weighted by Gasteiger charge is -2.26. The van der Waals surface area contributed by atoms with Gasteiger partial charge in [0.2, 0.25) is 10.0 Å². The molecule has 0 saturated heterocycles. The predicted octanol–water partition coefficient (Wildman–Crippen LogP) is 6.28. The molecule has 0 radical (unpaired) electrons. The van der Waals surface area contributed by atoms with Crippen LogP contribution in [0, 0.1) is 13.8 Å². The summed E-state index contributed by atoms with van der Waals surface area (Å²) in [6.07, 6.45) is 0. The number of sulfonamides is 1. The largest absolute Gasteiger partial charge is 0.298 e. The van der Waals surface area contributed by atoms with Gasteiger partial charge in [-0.2, -0.15) is 4.31 Å². The summed E-state index contributed by atoms with van der Waals surface area (Å²) < 4.78 is 28.2. The number of hydrogen-bond acceptors (Lipinski definition) is 5. The second-order valence-electron chi connectivity index (χ2n) is 8.96. The number of nitrogens with zero attached hydrogens (tertiary/aromatic N) is 2. The van der Waals surface area contributed by atoms with Gasteiger partial charge in [-0.25, -0.2) is 13.4 Å². The minimum absolute atomic E-state index is 0.148. The number of carbonyl (C=O) groups excluding carboxylic acids is 1. The Balaban J connectivity index is 1.49. The lowest BCUT2D eigenvalue weighted by Crippen LogP contribution is -2.36. The third-order valence-electron chi connectivity index (χ3n) is 5.87. The predicted molar refractivity (Wildman–Crippen MR) is 146 cm³/mol. The second kappa shape index (κ2) is 10.7. The van der Waals surface area contributed by atoms with Gasteiger partial charge in [0.25, 0.3) is 5.91 Å². The topological polar surface area (TPSA) is 79.4 Å². The van der Waals surface area contributed by atoms with Crippen molar-refractivity contribution in [2.45, 2.75) is 45.2 Å². The lowest BCUT2D eigenvalue weighted by molar-refractivity contribution is 0.102. The summed E-state index contributed by atoms with van der Waals surface area (Å²) in [4.78, 5) is 17.5. The smallest absolute Gasteiger partial charge is 0.257 e. The molecule has 0 aliphatic heterocycles. The molecule has 0 unspecified atom stereocenters. The molecule has 0 spiro atoms. The molecule has 0 saturated carbocycles. The zero-order valence-corrected chi connectivity index (χ0v) is 22.4. The van der Waals surface area contributed by atoms with Crippen molar-refractivity contribution in [3.63, 3.8) is 0 Å². The van der Waals surface area contributed by atoms with Crippen LogP contribution in [-0.4, -0.2) is 29.7 Å². The molecule has 3 aromatic carbocycles. The van der Waals surface area contributed by atoms with E-state index in [-0.39, 0.29) is 23.4 Å². The van der Waals surface area contributed by atoms with Gasteiger partial charge in [-0.3, -0.25) is 10.1 Å². The number of hydrogen-bond donors (Lipinski definition) is 1. The summed E-state index contributed by atoms with van der Waals surface area (Å²) in [5.74, 6) is -0.342. The maximum Gasteiger partial charge on any atom is 0.257 e. The zero-order valence-electron chi connectivity index (χ0n) is 20.7. The lowest BCUT2D eigenvalue weighted by atomic mass is 10.0. The highest BCUT2D eigenvalue weighted by Gasteiger charge is 2.27. The molecular weight excluding hydrogens is 490 g/mol. The van der Waals surface area contributed by atoms with Crippen molar-refractivity contribution in [1.82, 2.24) is 9.29 Å². The number of aryl methyl sites for hydroxylation is 2. The third-order valence-corrected chi connectivity index (χ3v) is 8.67. The zero-order chi connectivity index (χ0) is 25.9. The molecule has 6 nitrogen and oxygen atoms in total. The summed E-state index contributed by atoms with van der Waals surface area (Å²) in [7, 11) is -3.74. The van der Waals surface area contributed by atoms with E-state index in [9.17, 15) is 13.2 Å². The first kappa shape index (κ1) is 25.8. The molecule has 1 amide bonds. The minimum Gasteiger partial charge on any atom is -0.298 e. The van der Waals surface area contributed by atoms with E-state index in [0.717, 1.165) is 27.9 Å². The number of aromatic nitrogens is 1. The molecule has 0 aliphatic rings. The van der Waals surface area contributed by atoms with Crippen molar-refractivity contribution < 1.29 is 13.2 Å². The number of thiazole rings is 1. The van der Waals surface area contributed by atoms with Gasteiger partial charge in [-0.1, -0.05) is 48.0 Å². The highest BCUT2D eigenvalue weighted by Crippen LogP contribution is 2.29. The van der Waals surface area contributed by atoms with Gasteiger partial charge in [0.1, 0.15) is 0 Å². The number of nitrogens with one attached hydrogen (secondary N) is 1. The fraction of sp³-hybridized carbons (Fsp3) is 0.214. The quantitative estimate of drug-likeness (QED) is 0.297. The number of anilines is 1. The normalized spacial score (nSPS) is 11.7. The Morgan fingerprint density at radius 2 is 1.69 bits per heavy atom. The van der Waals surface area contributed by atoms with Gasteiger partial charge < -0.3 is 0 Å². The van der Waals surface area contributed by atoms with Crippen LogP contribution in [-0.2, 0) is 16.6 Å². The van der Waals surface area contributed by atoms with Crippen molar-refractivity contribution >= 4 is 32.4 Å². The maximum atomic E-state index is 13.4. The van der Waals surface area contributed by atoms with E-state index < -0.39 is 10.0 Å². The summed E-state index contributed by atoms with van der Waals surface area (Å²) in [6, 6.07) is 21.5. The highest BCUT2D eigenvalue weighted by molar-refractivity contribution is 7.89. The first-order chi connectivity index (χ1) is 17.1. The van der Waals surface area contributed by atoms with Gasteiger partial charge in [0.05, 0.1) is 10.6 Å². The van der Waals surface area contributed by atoms with E-state index in [4.69, 9.17) is 0 Å². The number of rotatable bonds is 8. The highest BCUT2D eigenvalue weighted by atomic mass is 32.2. The van der Waals surface area contributed by atoms with Crippen LogP contribution in [0.25, 0.3) is 11.3 Å². The van der Waals surface area contributed by atoms with E-state index in [2.05, 4.69) is 28.5 Å². The van der Waals surface area contributed by atoms with Gasteiger partial charge in [0, 0.05) is 29.1 Å². The second-order valence-corrected chi connectivity index (χ2v) is 11.7. The van der Waals surface area contributed by atoms with E-state index in [1.54, 1.807) is 0 Å². The van der Waals surface area contributed by atoms with Gasteiger partial charge in [0.15, 0.2) is 5.13 Å². The molecule has 1 heterocycles. The van der Waals surface area contributed by atoms with Crippen LogP contribution in [0.5, 0.6) is 0 Å². The SMILES string of the molecule is Cc1ccc(C)c(-c2csc(NC(=O)c3ccc(S(=O)(=O)N(Cc4ccccc4)C(C)C)cc3)n2)c1. The van der Waals surface area contributed by atoms with Crippen LogP contribution < -0.4 is 5.32 Å². The van der Waals surface area contributed by atoms with E-state index >= 15 is 0 Å². The van der Waals surface area contributed by atoms with Crippen LogP contribution >= 0.6 is 11.3 Å². The number of carbonyl (C=O) groups is 1. The summed E-state index contributed by atoms with van der Waals surface area (Å²) >= 11 is 1.35.